The molecule has 0 saturated carbocycles. The van der Waals surface area contributed by atoms with Gasteiger partial charge in [-0.25, -0.2) is 13.5 Å². The highest BCUT2D eigenvalue weighted by molar-refractivity contribution is 5.94. The van der Waals surface area contributed by atoms with Crippen LogP contribution >= 0.6 is 0 Å². The lowest BCUT2D eigenvalue weighted by molar-refractivity contribution is 0.0700. The Labute approximate surface area is 167 Å². The third kappa shape index (κ3) is 3.78. The number of aliphatic hydroxyl groups excluding tert-OH is 1. The van der Waals surface area contributed by atoms with Crippen LogP contribution in [0, 0.1) is 11.6 Å². The first-order chi connectivity index (χ1) is 14.1. The first kappa shape index (κ1) is 19.3. The van der Waals surface area contributed by atoms with Crippen LogP contribution in [-0.2, 0) is 19.4 Å². The summed E-state index contributed by atoms with van der Waals surface area (Å²) < 4.78 is 28.6. The minimum atomic E-state index is -0.955. The number of carbonyl (C=O) groups is 1. The zero-order chi connectivity index (χ0) is 20.4. The molecule has 3 aromatic rings. The Hall–Kier alpha value is -3.06. The van der Waals surface area contributed by atoms with Crippen molar-refractivity contribution >= 4 is 5.91 Å². The summed E-state index contributed by atoms with van der Waals surface area (Å²) in [5.41, 5.74) is 3.34. The van der Waals surface area contributed by atoms with Crippen LogP contribution in [0.3, 0.4) is 0 Å². The van der Waals surface area contributed by atoms with Crippen molar-refractivity contribution in [1.82, 2.24) is 14.7 Å². The topological polar surface area (TPSA) is 58.4 Å². The minimum Gasteiger partial charge on any atom is -0.395 e. The van der Waals surface area contributed by atoms with Gasteiger partial charge in [0, 0.05) is 30.4 Å². The molecule has 2 aromatic carbocycles. The summed E-state index contributed by atoms with van der Waals surface area (Å²) >= 11 is 0. The van der Waals surface area contributed by atoms with E-state index in [-0.39, 0.29) is 19.1 Å². The fraction of sp³-hybridized carbons (Fsp3) is 0.273. The van der Waals surface area contributed by atoms with E-state index in [2.05, 4.69) is 5.10 Å². The summed E-state index contributed by atoms with van der Waals surface area (Å²) in [6.45, 7) is 0.373. The van der Waals surface area contributed by atoms with E-state index in [1.807, 2.05) is 30.3 Å². The first-order valence-electron chi connectivity index (χ1n) is 9.58. The molecule has 7 heteroatoms. The number of fused-ring (bicyclic) bond motifs is 1. The molecule has 1 heterocycles. The zero-order valence-electron chi connectivity index (χ0n) is 15.8. The van der Waals surface area contributed by atoms with Crippen molar-refractivity contribution in [3.8, 4) is 5.69 Å². The van der Waals surface area contributed by atoms with Crippen molar-refractivity contribution in [2.24, 2.45) is 0 Å². The maximum absolute atomic E-state index is 13.7. The lowest BCUT2D eigenvalue weighted by atomic mass is 10.1. The Balaban J connectivity index is 1.70. The monoisotopic (exact) mass is 397 g/mol. The average Bonchev–Trinajstić information content (AvgIpc) is 3.33. The predicted molar refractivity (Wildman–Crippen MR) is 104 cm³/mol. The van der Waals surface area contributed by atoms with Crippen LogP contribution in [0.25, 0.3) is 5.69 Å². The highest BCUT2D eigenvalue weighted by Crippen LogP contribution is 2.29. The number of benzene rings is 2. The van der Waals surface area contributed by atoms with Crippen LogP contribution in [0.4, 0.5) is 8.78 Å². The highest BCUT2D eigenvalue weighted by Gasteiger charge is 2.29. The number of aliphatic hydroxyl groups is 1. The van der Waals surface area contributed by atoms with Crippen molar-refractivity contribution in [2.75, 3.05) is 13.2 Å². The first-order valence-corrected chi connectivity index (χ1v) is 9.58. The van der Waals surface area contributed by atoms with Crippen molar-refractivity contribution in [1.29, 1.82) is 0 Å². The minimum absolute atomic E-state index is 0.162. The molecule has 0 atom stereocenters. The highest BCUT2D eigenvalue weighted by atomic mass is 19.2. The van der Waals surface area contributed by atoms with Gasteiger partial charge in [-0.1, -0.05) is 30.3 Å². The Morgan fingerprint density at radius 1 is 1.10 bits per heavy atom. The molecule has 0 radical (unpaired) electrons. The predicted octanol–water partition coefficient (Wildman–Crippen LogP) is 3.27. The van der Waals surface area contributed by atoms with Gasteiger partial charge < -0.3 is 10.0 Å². The second-order valence-electron chi connectivity index (χ2n) is 7.07. The Morgan fingerprint density at radius 3 is 2.62 bits per heavy atom. The molecule has 29 heavy (non-hydrogen) atoms. The average molecular weight is 397 g/mol. The molecule has 0 aliphatic heterocycles. The number of halogens is 2. The summed E-state index contributed by atoms with van der Waals surface area (Å²) in [7, 11) is 0. The van der Waals surface area contributed by atoms with E-state index in [1.165, 1.54) is 10.7 Å². The van der Waals surface area contributed by atoms with Crippen LogP contribution < -0.4 is 0 Å². The Morgan fingerprint density at radius 2 is 1.90 bits per heavy atom. The van der Waals surface area contributed by atoms with Gasteiger partial charge in [0.25, 0.3) is 5.91 Å². The van der Waals surface area contributed by atoms with E-state index in [0.717, 1.165) is 35.4 Å². The van der Waals surface area contributed by atoms with Crippen LogP contribution in [0.5, 0.6) is 0 Å². The number of hydrogen-bond acceptors (Lipinski definition) is 3. The summed E-state index contributed by atoms with van der Waals surface area (Å²) in [6.07, 6.45) is 2.29. The second-order valence-corrected chi connectivity index (χ2v) is 7.07. The summed E-state index contributed by atoms with van der Waals surface area (Å²) in [5, 5.41) is 13.9. The van der Waals surface area contributed by atoms with Gasteiger partial charge in [-0.05, 0) is 37.0 Å². The SMILES string of the molecule is O=C(c1nn(-c2ccc(F)c(F)c2)c2c1CCC2)N(CCO)Cc1ccccc1. The van der Waals surface area contributed by atoms with Gasteiger partial charge >= 0.3 is 0 Å². The smallest absolute Gasteiger partial charge is 0.275 e. The van der Waals surface area contributed by atoms with E-state index < -0.39 is 11.6 Å². The van der Waals surface area contributed by atoms with Gasteiger partial charge in [-0.15, -0.1) is 0 Å². The third-order valence-electron chi connectivity index (χ3n) is 5.15. The lowest BCUT2D eigenvalue weighted by Crippen LogP contribution is -2.34. The van der Waals surface area contributed by atoms with E-state index in [9.17, 15) is 18.7 Å². The maximum Gasteiger partial charge on any atom is 0.275 e. The molecule has 1 aliphatic rings. The van der Waals surface area contributed by atoms with Gasteiger partial charge in [-0.3, -0.25) is 4.79 Å². The number of carbonyl (C=O) groups excluding carboxylic acids is 1. The number of aromatic nitrogens is 2. The quantitative estimate of drug-likeness (QED) is 0.695. The zero-order valence-corrected chi connectivity index (χ0v) is 15.8. The molecule has 0 saturated heterocycles. The van der Waals surface area contributed by atoms with E-state index in [0.29, 0.717) is 30.8 Å². The summed E-state index contributed by atoms with van der Waals surface area (Å²) in [4.78, 5) is 14.8. The molecule has 1 aliphatic carbocycles. The number of rotatable bonds is 6. The number of hydrogen-bond donors (Lipinski definition) is 1. The molecule has 1 amide bonds. The number of amides is 1. The van der Waals surface area contributed by atoms with Gasteiger partial charge in [0.1, 0.15) is 0 Å². The standard InChI is InChI=1S/C22H21F2N3O2/c23-18-10-9-16(13-19(18)24)27-20-8-4-7-17(20)21(25-27)22(29)26(11-12-28)14-15-5-2-1-3-6-15/h1-3,5-6,9-10,13,28H,4,7-8,11-12,14H2. The van der Waals surface area contributed by atoms with E-state index in [4.69, 9.17) is 0 Å². The van der Waals surface area contributed by atoms with Crippen molar-refractivity contribution < 1.29 is 18.7 Å². The molecule has 1 N–H and O–H groups in total. The molecule has 0 bridgehead atoms. The van der Waals surface area contributed by atoms with Crippen molar-refractivity contribution in [3.63, 3.8) is 0 Å². The van der Waals surface area contributed by atoms with Crippen molar-refractivity contribution in [3.05, 3.63) is 82.7 Å². The van der Waals surface area contributed by atoms with Crippen LogP contribution in [0.1, 0.15) is 33.7 Å². The third-order valence-corrected chi connectivity index (χ3v) is 5.15. The molecule has 4 rings (SSSR count). The molecule has 150 valence electrons. The van der Waals surface area contributed by atoms with Gasteiger partial charge in [-0.2, -0.15) is 5.10 Å². The molecule has 0 spiro atoms. The molecular formula is C22H21F2N3O2. The van der Waals surface area contributed by atoms with Gasteiger partial charge in [0.05, 0.1) is 12.3 Å². The largest absolute Gasteiger partial charge is 0.395 e. The Bertz CT molecular complexity index is 1030. The summed E-state index contributed by atoms with van der Waals surface area (Å²) in [5.74, 6) is -2.16. The number of nitrogens with zero attached hydrogens (tertiary/aromatic N) is 3. The molecule has 1 aromatic heterocycles. The normalized spacial score (nSPS) is 12.8. The molecular weight excluding hydrogens is 376 g/mol. The second kappa shape index (κ2) is 8.13. The molecule has 0 fully saturated rings. The van der Waals surface area contributed by atoms with Crippen LogP contribution in [0.15, 0.2) is 48.5 Å². The molecule has 5 nitrogen and oxygen atoms in total. The van der Waals surface area contributed by atoms with E-state index in [1.54, 1.807) is 4.90 Å². The fourth-order valence-electron chi connectivity index (χ4n) is 3.77. The summed E-state index contributed by atoms with van der Waals surface area (Å²) in [6, 6.07) is 13.1. The van der Waals surface area contributed by atoms with E-state index >= 15 is 0 Å². The maximum atomic E-state index is 13.7. The van der Waals surface area contributed by atoms with Crippen LogP contribution in [-0.4, -0.2) is 38.8 Å². The Kier molecular flexibility index (Phi) is 5.40. The van der Waals surface area contributed by atoms with Crippen molar-refractivity contribution in [2.45, 2.75) is 25.8 Å². The van der Waals surface area contributed by atoms with Gasteiger partial charge in [0.2, 0.25) is 0 Å². The van der Waals surface area contributed by atoms with Crippen LogP contribution in [0.2, 0.25) is 0 Å². The lowest BCUT2D eigenvalue weighted by Gasteiger charge is -2.21. The fourth-order valence-corrected chi connectivity index (χ4v) is 3.77. The van der Waals surface area contributed by atoms with Gasteiger partial charge in [0.15, 0.2) is 17.3 Å². The molecule has 0 unspecified atom stereocenters.